The molecule has 0 aliphatic carbocycles. The topological polar surface area (TPSA) is 150 Å². The third-order valence-corrected chi connectivity index (χ3v) is 4.86. The van der Waals surface area contributed by atoms with Crippen LogP contribution in [0.1, 0.15) is 58.3 Å². The van der Waals surface area contributed by atoms with Crippen molar-refractivity contribution in [3.63, 3.8) is 0 Å². The summed E-state index contributed by atoms with van der Waals surface area (Å²) in [6.07, 6.45) is 26.8. The molecule has 8 heteroatoms. The van der Waals surface area contributed by atoms with Crippen molar-refractivity contribution in [3.05, 3.63) is 72.9 Å². The lowest BCUT2D eigenvalue weighted by Crippen LogP contribution is -2.48. The Morgan fingerprint density at radius 2 is 1.05 bits per heavy atom. The number of carboxylic acid groups (broad SMARTS) is 1. The summed E-state index contributed by atoms with van der Waals surface area (Å²) in [7, 11) is 1.57. The van der Waals surface area contributed by atoms with Crippen LogP contribution in [0.25, 0.3) is 0 Å². The van der Waals surface area contributed by atoms with Gasteiger partial charge in [0.2, 0.25) is 0 Å². The number of aliphatic hydroxyl groups excluding tert-OH is 5. The molecule has 0 radical (unpaired) electrons. The molecule has 0 aromatic heterocycles. The second-order valence-corrected chi connectivity index (χ2v) is 8.20. The number of carbonyl (C=O) groups is 1. The smallest absolute Gasteiger partial charge is 0.303 e. The van der Waals surface area contributed by atoms with Crippen molar-refractivity contribution in [1.29, 1.82) is 0 Å². The molecule has 4 atom stereocenters. The Labute approximate surface area is 222 Å². The number of carboxylic acids is 1. The Kier molecular flexibility index (Phi) is 28.1. The fourth-order valence-corrected chi connectivity index (χ4v) is 2.74. The van der Waals surface area contributed by atoms with E-state index < -0.39 is 37.0 Å². The number of aliphatic carboxylic acids is 1. The number of hydrogen-bond acceptors (Lipinski definition) is 7. The molecule has 0 saturated carbocycles. The Balaban J connectivity index is 0. The molecule has 212 valence electrons. The van der Waals surface area contributed by atoms with Crippen LogP contribution in [0.15, 0.2) is 72.9 Å². The highest BCUT2D eigenvalue weighted by molar-refractivity contribution is 5.66. The van der Waals surface area contributed by atoms with Crippen LogP contribution in [0.4, 0.5) is 0 Å². The second-order valence-electron chi connectivity index (χ2n) is 8.20. The fraction of sp³-hybridized carbons (Fsp3) is 0.552. The molecule has 0 spiro atoms. The summed E-state index contributed by atoms with van der Waals surface area (Å²) in [6, 6.07) is 0. The molecule has 0 aliphatic heterocycles. The van der Waals surface area contributed by atoms with Gasteiger partial charge in [-0.25, -0.2) is 0 Å². The molecule has 8 nitrogen and oxygen atoms in total. The van der Waals surface area contributed by atoms with E-state index in [1.807, 2.05) is 12.2 Å². The average Bonchev–Trinajstić information content (AvgIpc) is 2.89. The van der Waals surface area contributed by atoms with E-state index in [9.17, 15) is 9.90 Å². The van der Waals surface area contributed by atoms with Crippen LogP contribution < -0.4 is 5.32 Å². The monoisotopic (exact) mass is 523 g/mol. The molecule has 0 heterocycles. The van der Waals surface area contributed by atoms with E-state index in [1.54, 1.807) is 7.05 Å². The van der Waals surface area contributed by atoms with Gasteiger partial charge in [0.15, 0.2) is 0 Å². The maximum atomic E-state index is 10.3. The molecule has 0 saturated heterocycles. The zero-order chi connectivity index (χ0) is 28.2. The number of nitrogens with one attached hydrogen (secondary N) is 1. The van der Waals surface area contributed by atoms with E-state index in [2.05, 4.69) is 73.0 Å². The molecule has 0 aromatic carbocycles. The zero-order valence-electron chi connectivity index (χ0n) is 22.4. The summed E-state index contributed by atoms with van der Waals surface area (Å²) < 4.78 is 0. The number of hydrogen-bond donors (Lipinski definition) is 7. The summed E-state index contributed by atoms with van der Waals surface area (Å²) in [5.41, 5.74) is 0. The molecule has 0 bridgehead atoms. The standard InChI is InChI=1S/C22H32O2.C7H17NO5/c1-2-3-4-5-6-7-8-9-10-11-12-13-14-15-16-17-18-19-20-21-22(23)24;1-8-2-4(10)6(12)7(13)5(11)3-9/h3-4,6-7,9-10,12-13,15-16,18-19H,2,5,8,11,14,17,20-21H2,1H3,(H,23,24);4-13H,2-3H2,1H3/b4-3-,7-6-,10-9-,13-12-,16-15-,19-18-;/t;4-,5+,6+,7+/m.0/s1. The van der Waals surface area contributed by atoms with Crippen LogP contribution in [0, 0.1) is 0 Å². The van der Waals surface area contributed by atoms with Gasteiger partial charge >= 0.3 is 5.97 Å². The minimum absolute atomic E-state index is 0.0936. The van der Waals surface area contributed by atoms with E-state index >= 15 is 0 Å². The maximum Gasteiger partial charge on any atom is 0.303 e. The van der Waals surface area contributed by atoms with Crippen LogP contribution in [-0.4, -0.2) is 81.2 Å². The highest BCUT2D eigenvalue weighted by Crippen LogP contribution is 2.04. The first-order chi connectivity index (χ1) is 17.8. The van der Waals surface area contributed by atoms with Gasteiger partial charge in [0.25, 0.3) is 0 Å². The Morgan fingerprint density at radius 3 is 1.41 bits per heavy atom. The van der Waals surface area contributed by atoms with Gasteiger partial charge in [-0.3, -0.25) is 4.79 Å². The van der Waals surface area contributed by atoms with Crippen LogP contribution in [-0.2, 0) is 4.79 Å². The van der Waals surface area contributed by atoms with Crippen LogP contribution in [0.2, 0.25) is 0 Å². The summed E-state index contributed by atoms with van der Waals surface area (Å²) in [4.78, 5) is 10.3. The van der Waals surface area contributed by atoms with E-state index in [0.29, 0.717) is 6.42 Å². The number of likely N-dealkylation sites (N-methyl/N-ethyl adjacent to an activating group) is 1. The maximum absolute atomic E-state index is 10.3. The quantitative estimate of drug-likeness (QED) is 0.120. The number of aliphatic hydroxyl groups is 5. The molecule has 0 aromatic rings. The minimum Gasteiger partial charge on any atom is -0.481 e. The highest BCUT2D eigenvalue weighted by Gasteiger charge is 2.29. The first kappa shape index (κ1) is 36.8. The summed E-state index contributed by atoms with van der Waals surface area (Å²) in [5, 5.41) is 56.0. The molecule has 0 fully saturated rings. The molecular weight excluding hydrogens is 474 g/mol. The first-order valence-electron chi connectivity index (χ1n) is 12.9. The average molecular weight is 524 g/mol. The summed E-state index contributed by atoms with van der Waals surface area (Å²) >= 11 is 0. The van der Waals surface area contributed by atoms with E-state index in [1.165, 1.54) is 0 Å². The normalized spacial score (nSPS) is 15.8. The van der Waals surface area contributed by atoms with Crippen molar-refractivity contribution in [2.45, 2.75) is 82.7 Å². The minimum atomic E-state index is -1.55. The molecule has 0 unspecified atom stereocenters. The van der Waals surface area contributed by atoms with E-state index in [0.717, 1.165) is 38.5 Å². The Hall–Kier alpha value is -2.33. The van der Waals surface area contributed by atoms with Gasteiger partial charge in [0.05, 0.1) is 12.7 Å². The predicted octanol–water partition coefficient (Wildman–Crippen LogP) is 3.19. The Bertz CT molecular complexity index is 698. The lowest BCUT2D eigenvalue weighted by molar-refractivity contribution is -0.136. The van der Waals surface area contributed by atoms with Crippen LogP contribution in [0.3, 0.4) is 0 Å². The zero-order valence-corrected chi connectivity index (χ0v) is 22.4. The number of rotatable bonds is 20. The first-order valence-corrected chi connectivity index (χ1v) is 12.9. The van der Waals surface area contributed by atoms with Crippen molar-refractivity contribution < 1.29 is 35.4 Å². The van der Waals surface area contributed by atoms with Gasteiger partial charge in [0, 0.05) is 13.0 Å². The summed E-state index contributed by atoms with van der Waals surface area (Å²) in [5.74, 6) is -0.741. The largest absolute Gasteiger partial charge is 0.481 e. The van der Waals surface area contributed by atoms with Gasteiger partial charge in [0.1, 0.15) is 18.3 Å². The van der Waals surface area contributed by atoms with Crippen molar-refractivity contribution in [3.8, 4) is 0 Å². The van der Waals surface area contributed by atoms with Crippen molar-refractivity contribution in [2.75, 3.05) is 20.2 Å². The van der Waals surface area contributed by atoms with Crippen molar-refractivity contribution >= 4 is 5.97 Å². The van der Waals surface area contributed by atoms with Crippen molar-refractivity contribution in [2.24, 2.45) is 0 Å². The SMILES string of the molecule is CC/C=C\C/C=C\C/C=C\C/C=C\C/C=C\C/C=C\CCC(=O)O.CNC[C@H](O)[C@@H](O)[C@H](O)[C@H](O)CO. The van der Waals surface area contributed by atoms with Gasteiger partial charge in [-0.1, -0.05) is 79.8 Å². The van der Waals surface area contributed by atoms with Crippen LogP contribution >= 0.6 is 0 Å². The van der Waals surface area contributed by atoms with Gasteiger partial charge < -0.3 is 36.0 Å². The molecule has 0 amide bonds. The van der Waals surface area contributed by atoms with Gasteiger partial charge in [-0.2, -0.15) is 0 Å². The molecule has 0 rings (SSSR count). The molecule has 7 N–H and O–H groups in total. The Morgan fingerprint density at radius 1 is 0.676 bits per heavy atom. The van der Waals surface area contributed by atoms with E-state index in [-0.39, 0.29) is 13.0 Å². The lowest BCUT2D eigenvalue weighted by atomic mass is 10.0. The van der Waals surface area contributed by atoms with Gasteiger partial charge in [-0.15, -0.1) is 0 Å². The fourth-order valence-electron chi connectivity index (χ4n) is 2.74. The molecule has 37 heavy (non-hydrogen) atoms. The third-order valence-electron chi connectivity index (χ3n) is 4.86. The lowest BCUT2D eigenvalue weighted by Gasteiger charge is -2.25. The van der Waals surface area contributed by atoms with Crippen molar-refractivity contribution in [1.82, 2.24) is 5.32 Å². The molecule has 0 aliphatic rings. The van der Waals surface area contributed by atoms with Crippen LogP contribution in [0.5, 0.6) is 0 Å². The highest BCUT2D eigenvalue weighted by atomic mass is 16.4. The van der Waals surface area contributed by atoms with Gasteiger partial charge in [-0.05, 0) is 52.0 Å². The second kappa shape index (κ2) is 28.2. The molecular formula is C29H49NO7. The summed E-state index contributed by atoms with van der Waals surface area (Å²) in [6.45, 7) is 1.58. The predicted molar refractivity (Wildman–Crippen MR) is 150 cm³/mol. The third kappa shape index (κ3) is 26.5. The number of allylic oxidation sites excluding steroid dienone is 12. The van der Waals surface area contributed by atoms with E-state index in [4.69, 9.17) is 25.5 Å².